The van der Waals surface area contributed by atoms with Crippen molar-refractivity contribution in [2.75, 3.05) is 6.54 Å². The second-order valence-electron chi connectivity index (χ2n) is 5.25. The van der Waals surface area contributed by atoms with E-state index in [1.807, 2.05) is 12.1 Å². The number of aromatic amines is 1. The van der Waals surface area contributed by atoms with Gasteiger partial charge in [0, 0.05) is 6.04 Å². The van der Waals surface area contributed by atoms with Crippen LogP contribution in [0.3, 0.4) is 0 Å². The number of H-pyrrole nitrogens is 1. The fourth-order valence-electron chi connectivity index (χ4n) is 2.17. The van der Waals surface area contributed by atoms with Crippen LogP contribution < -0.4 is 11.0 Å². The summed E-state index contributed by atoms with van der Waals surface area (Å²) >= 11 is 1.54. The summed E-state index contributed by atoms with van der Waals surface area (Å²) in [5, 5.41) is 10.7. The zero-order chi connectivity index (χ0) is 14.7. The van der Waals surface area contributed by atoms with Gasteiger partial charge in [-0.25, -0.2) is 9.89 Å². The van der Waals surface area contributed by atoms with E-state index in [4.69, 9.17) is 4.42 Å². The molecule has 21 heavy (non-hydrogen) atoms. The quantitative estimate of drug-likeness (QED) is 0.578. The molecule has 0 bridgehead atoms. The highest BCUT2D eigenvalue weighted by molar-refractivity contribution is 7.98. The van der Waals surface area contributed by atoms with Gasteiger partial charge < -0.3 is 9.73 Å². The third kappa shape index (κ3) is 3.59. The van der Waals surface area contributed by atoms with E-state index in [9.17, 15) is 4.79 Å². The van der Waals surface area contributed by atoms with Crippen LogP contribution in [0, 0.1) is 0 Å². The second-order valence-corrected chi connectivity index (χ2v) is 6.19. The Labute approximate surface area is 127 Å². The number of hydrogen-bond donors (Lipinski definition) is 2. The molecule has 6 nitrogen and oxygen atoms in total. The normalized spacial score (nSPS) is 14.7. The van der Waals surface area contributed by atoms with E-state index in [1.54, 1.807) is 4.57 Å². The van der Waals surface area contributed by atoms with Gasteiger partial charge in [0.15, 0.2) is 5.16 Å². The molecule has 0 saturated heterocycles. The molecule has 0 radical (unpaired) electrons. The fraction of sp³-hybridized carbons (Fsp3) is 0.571. The molecule has 0 unspecified atom stereocenters. The molecule has 0 amide bonds. The minimum absolute atomic E-state index is 0.108. The Hall–Kier alpha value is -1.47. The Morgan fingerprint density at radius 3 is 3.05 bits per heavy atom. The van der Waals surface area contributed by atoms with Crippen molar-refractivity contribution in [3.8, 4) is 0 Å². The zero-order valence-electron chi connectivity index (χ0n) is 12.1. The van der Waals surface area contributed by atoms with Gasteiger partial charge in [0.25, 0.3) is 0 Å². The third-order valence-electron chi connectivity index (χ3n) is 3.37. The molecule has 1 aliphatic carbocycles. The summed E-state index contributed by atoms with van der Waals surface area (Å²) in [6.07, 6.45) is 3.25. The van der Waals surface area contributed by atoms with E-state index < -0.39 is 0 Å². The van der Waals surface area contributed by atoms with Crippen molar-refractivity contribution >= 4 is 11.8 Å². The van der Waals surface area contributed by atoms with E-state index in [1.165, 1.54) is 11.8 Å². The van der Waals surface area contributed by atoms with Crippen molar-refractivity contribution in [3.05, 3.63) is 34.1 Å². The smallest absolute Gasteiger partial charge is 0.344 e. The average Bonchev–Trinajstić information content (AvgIpc) is 3.10. The zero-order valence-corrected chi connectivity index (χ0v) is 12.9. The molecule has 0 aliphatic heterocycles. The first-order valence-corrected chi connectivity index (χ1v) is 8.34. The van der Waals surface area contributed by atoms with Gasteiger partial charge in [-0.05, 0) is 37.9 Å². The maximum Gasteiger partial charge on any atom is 0.344 e. The number of aromatic nitrogens is 3. The third-order valence-corrected chi connectivity index (χ3v) is 4.35. The first-order valence-electron chi connectivity index (χ1n) is 7.36. The molecule has 2 N–H and O–H groups in total. The predicted molar refractivity (Wildman–Crippen MR) is 81.4 cm³/mol. The van der Waals surface area contributed by atoms with E-state index in [2.05, 4.69) is 22.4 Å². The van der Waals surface area contributed by atoms with E-state index in [0.29, 0.717) is 11.8 Å². The van der Waals surface area contributed by atoms with Crippen LogP contribution in [0.5, 0.6) is 0 Å². The van der Waals surface area contributed by atoms with Gasteiger partial charge in [0.05, 0.1) is 12.3 Å². The minimum atomic E-state index is -0.108. The summed E-state index contributed by atoms with van der Waals surface area (Å²) < 4.78 is 7.53. The molecule has 1 saturated carbocycles. The van der Waals surface area contributed by atoms with Crippen LogP contribution in [-0.2, 0) is 12.3 Å². The summed E-state index contributed by atoms with van der Waals surface area (Å²) in [7, 11) is 0. The molecule has 0 atom stereocenters. The highest BCUT2D eigenvalue weighted by Gasteiger charge is 2.28. The van der Waals surface area contributed by atoms with Crippen molar-refractivity contribution in [1.29, 1.82) is 0 Å². The molecule has 0 spiro atoms. The lowest BCUT2D eigenvalue weighted by Gasteiger charge is -2.02. The number of thioether (sulfide) groups is 1. The van der Waals surface area contributed by atoms with E-state index in [0.717, 1.165) is 49.0 Å². The van der Waals surface area contributed by atoms with Gasteiger partial charge in [-0.15, -0.1) is 5.10 Å². The SMILES string of the molecule is CCCNCc1ccc(CSc2n[nH]c(=O)n2C2CC2)o1. The van der Waals surface area contributed by atoms with Crippen LogP contribution >= 0.6 is 11.8 Å². The topological polar surface area (TPSA) is 75.8 Å². The fourth-order valence-corrected chi connectivity index (χ4v) is 3.07. The van der Waals surface area contributed by atoms with Crippen LogP contribution in [0.15, 0.2) is 26.5 Å². The van der Waals surface area contributed by atoms with Gasteiger partial charge in [-0.3, -0.25) is 4.57 Å². The largest absolute Gasteiger partial charge is 0.464 e. The van der Waals surface area contributed by atoms with Crippen LogP contribution in [-0.4, -0.2) is 21.3 Å². The predicted octanol–water partition coefficient (Wildman–Crippen LogP) is 2.29. The van der Waals surface area contributed by atoms with Crippen LogP contribution in [0.25, 0.3) is 0 Å². The molecule has 1 fully saturated rings. The first kappa shape index (κ1) is 14.5. The summed E-state index contributed by atoms with van der Waals surface area (Å²) in [5.41, 5.74) is -0.108. The Morgan fingerprint density at radius 2 is 2.29 bits per heavy atom. The summed E-state index contributed by atoms with van der Waals surface area (Å²) in [4.78, 5) is 11.7. The highest BCUT2D eigenvalue weighted by Crippen LogP contribution is 2.36. The van der Waals surface area contributed by atoms with Gasteiger partial charge in [-0.2, -0.15) is 0 Å². The second kappa shape index (κ2) is 6.53. The Balaban J connectivity index is 1.56. The van der Waals surface area contributed by atoms with Gasteiger partial charge in [-0.1, -0.05) is 18.7 Å². The summed E-state index contributed by atoms with van der Waals surface area (Å²) in [6.45, 7) is 3.89. The monoisotopic (exact) mass is 308 g/mol. The molecule has 2 aromatic heterocycles. The maximum absolute atomic E-state index is 11.7. The lowest BCUT2D eigenvalue weighted by Crippen LogP contribution is -2.16. The Kier molecular flexibility index (Phi) is 4.50. The number of rotatable bonds is 8. The van der Waals surface area contributed by atoms with Crippen LogP contribution in [0.2, 0.25) is 0 Å². The van der Waals surface area contributed by atoms with Gasteiger partial charge in [0.2, 0.25) is 0 Å². The average molecular weight is 308 g/mol. The molecule has 1 aliphatic rings. The first-order chi connectivity index (χ1) is 10.3. The molecule has 0 aromatic carbocycles. The number of nitrogens with zero attached hydrogens (tertiary/aromatic N) is 2. The Bertz CT molecular complexity index is 641. The van der Waals surface area contributed by atoms with Crippen molar-refractivity contribution < 1.29 is 4.42 Å². The number of nitrogens with one attached hydrogen (secondary N) is 2. The molecule has 114 valence electrons. The summed E-state index contributed by atoms with van der Waals surface area (Å²) in [5.74, 6) is 2.54. The molecular formula is C14H20N4O2S. The van der Waals surface area contributed by atoms with Gasteiger partial charge >= 0.3 is 5.69 Å². The maximum atomic E-state index is 11.7. The van der Waals surface area contributed by atoms with Gasteiger partial charge in [0.1, 0.15) is 11.5 Å². The summed E-state index contributed by atoms with van der Waals surface area (Å²) in [6, 6.07) is 4.32. The van der Waals surface area contributed by atoms with Crippen LogP contribution in [0.1, 0.15) is 43.7 Å². The lowest BCUT2D eigenvalue weighted by atomic mass is 10.4. The minimum Gasteiger partial charge on any atom is -0.464 e. The number of furan rings is 1. The van der Waals surface area contributed by atoms with Crippen LogP contribution in [0.4, 0.5) is 0 Å². The number of hydrogen-bond acceptors (Lipinski definition) is 5. The van der Waals surface area contributed by atoms with Crippen molar-refractivity contribution in [1.82, 2.24) is 20.1 Å². The van der Waals surface area contributed by atoms with Crippen molar-refractivity contribution in [2.45, 2.75) is 49.7 Å². The van der Waals surface area contributed by atoms with E-state index in [-0.39, 0.29) is 5.69 Å². The highest BCUT2D eigenvalue weighted by atomic mass is 32.2. The molecular weight excluding hydrogens is 288 g/mol. The molecule has 3 rings (SSSR count). The molecule has 2 heterocycles. The molecule has 7 heteroatoms. The van der Waals surface area contributed by atoms with Crippen molar-refractivity contribution in [2.24, 2.45) is 0 Å². The van der Waals surface area contributed by atoms with Crippen molar-refractivity contribution in [3.63, 3.8) is 0 Å². The lowest BCUT2D eigenvalue weighted by molar-refractivity contribution is 0.459. The molecule has 2 aromatic rings. The standard InChI is InChI=1S/C14H20N4O2S/c1-2-7-15-8-11-5-6-12(20-11)9-21-14-17-16-13(19)18(14)10-3-4-10/h5-6,10,15H,2-4,7-9H2,1H3,(H,16,19). The Morgan fingerprint density at radius 1 is 1.48 bits per heavy atom. The van der Waals surface area contributed by atoms with E-state index >= 15 is 0 Å².